The van der Waals surface area contributed by atoms with Crippen molar-refractivity contribution in [3.05, 3.63) is 0 Å². The van der Waals surface area contributed by atoms with Crippen LogP contribution in [0.3, 0.4) is 0 Å². The van der Waals surface area contributed by atoms with Crippen molar-refractivity contribution in [1.82, 2.24) is 10.6 Å². The molecule has 0 aromatic heterocycles. The molecule has 0 unspecified atom stereocenters. The van der Waals surface area contributed by atoms with E-state index < -0.39 is 5.97 Å². The largest absolute Gasteiger partial charge is 0.463 e. The van der Waals surface area contributed by atoms with Crippen molar-refractivity contribution < 1.29 is 47.5 Å². The zero-order valence-electron chi connectivity index (χ0n) is 19.4. The molecule has 0 aliphatic carbocycles. The normalized spacial score (nSPS) is 10.9. The van der Waals surface area contributed by atoms with Gasteiger partial charge in [0.15, 0.2) is 0 Å². The third-order valence-electron chi connectivity index (χ3n) is 3.60. The molecule has 0 aromatic rings. The summed E-state index contributed by atoms with van der Waals surface area (Å²) < 4.78 is 41.0. The Hall–Kier alpha value is -1.38. The van der Waals surface area contributed by atoms with Crippen LogP contribution in [0.15, 0.2) is 0 Å². The summed E-state index contributed by atoms with van der Waals surface area (Å²) in [6.45, 7) is 6.22. The lowest BCUT2D eigenvalue weighted by molar-refractivity contribution is -0.144. The molecule has 0 radical (unpaired) electrons. The van der Waals surface area contributed by atoms with Gasteiger partial charge in [-0.3, -0.25) is 9.59 Å². The molecule has 190 valence electrons. The highest BCUT2D eigenvalue weighted by Crippen LogP contribution is 1.85. The van der Waals surface area contributed by atoms with Gasteiger partial charge in [-0.2, -0.15) is 0 Å². The van der Waals surface area contributed by atoms with Crippen LogP contribution in [0.4, 0.5) is 0 Å². The fraction of sp³-hybridized carbons (Fsp3) is 0.900. The summed E-state index contributed by atoms with van der Waals surface area (Å²) in [6, 6.07) is 0. The van der Waals surface area contributed by atoms with E-state index >= 15 is 0 Å². The number of esters is 2. The zero-order valence-corrected chi connectivity index (χ0v) is 19.4. The highest BCUT2D eigenvalue weighted by atomic mass is 16.6. The van der Waals surface area contributed by atoms with Gasteiger partial charge in [-0.15, -0.1) is 0 Å². The lowest BCUT2D eigenvalue weighted by Gasteiger charge is -2.09. The maximum absolute atomic E-state index is 11.6. The van der Waals surface area contributed by atoms with E-state index in [1.165, 1.54) is 0 Å². The van der Waals surface area contributed by atoms with Crippen LogP contribution in [0, 0.1) is 0 Å². The molecule has 0 aliphatic rings. The van der Waals surface area contributed by atoms with Crippen molar-refractivity contribution in [1.29, 1.82) is 0 Å². The molecule has 0 aliphatic heterocycles. The molecule has 0 rings (SSSR count). The molecule has 12 nitrogen and oxygen atoms in total. The average Bonchev–Trinajstić information content (AvgIpc) is 2.79. The van der Waals surface area contributed by atoms with Crippen molar-refractivity contribution in [2.24, 2.45) is 0 Å². The number of hydrogen-bond acceptors (Lipinski definition) is 12. The van der Waals surface area contributed by atoms with E-state index in [-0.39, 0.29) is 38.9 Å². The monoisotopic (exact) mass is 468 g/mol. The van der Waals surface area contributed by atoms with E-state index in [2.05, 4.69) is 10.6 Å². The first kappa shape index (κ1) is 30.6. The average molecular weight is 469 g/mol. The molecule has 0 saturated heterocycles. The Bertz CT molecular complexity index is 429. The van der Waals surface area contributed by atoms with Gasteiger partial charge in [0.2, 0.25) is 0 Å². The van der Waals surface area contributed by atoms with Crippen LogP contribution in [0.2, 0.25) is 0 Å². The standard InChI is InChI=1S/C20H40N2O10/c1-25-5-3-21-17-19(23)31-6-4-22-18-20(24)32-16-15-30-14-13-29-12-11-28-10-9-27-8-7-26-2/h21-22H,3-18H2,1-2H3. The minimum absolute atomic E-state index is 0.0319. The first-order valence-corrected chi connectivity index (χ1v) is 10.7. The number of carbonyl (C=O) groups excluding carboxylic acids is 2. The predicted molar refractivity (Wildman–Crippen MR) is 115 cm³/mol. The van der Waals surface area contributed by atoms with E-state index in [1.807, 2.05) is 0 Å². The minimum atomic E-state index is -0.402. The maximum Gasteiger partial charge on any atom is 0.320 e. The predicted octanol–water partition coefficient (Wildman–Crippen LogP) is -1.39. The lowest BCUT2D eigenvalue weighted by Crippen LogP contribution is -2.31. The molecule has 32 heavy (non-hydrogen) atoms. The fourth-order valence-corrected chi connectivity index (χ4v) is 2.01. The molecule has 0 amide bonds. The molecule has 0 heterocycles. The Morgan fingerprint density at radius 3 is 1.34 bits per heavy atom. The van der Waals surface area contributed by atoms with Crippen molar-refractivity contribution >= 4 is 11.9 Å². The van der Waals surface area contributed by atoms with Crippen LogP contribution in [0.5, 0.6) is 0 Å². The topological polar surface area (TPSA) is 132 Å². The molecular weight excluding hydrogens is 428 g/mol. The fourth-order valence-electron chi connectivity index (χ4n) is 2.01. The summed E-state index contributed by atoms with van der Waals surface area (Å²) in [7, 11) is 3.21. The van der Waals surface area contributed by atoms with Crippen LogP contribution in [-0.2, 0) is 47.5 Å². The summed E-state index contributed by atoms with van der Waals surface area (Å²) in [5.74, 6) is -0.761. The lowest BCUT2D eigenvalue weighted by atomic mass is 10.5. The molecule has 0 spiro atoms. The Morgan fingerprint density at radius 2 is 0.875 bits per heavy atom. The number of methoxy groups -OCH3 is 2. The van der Waals surface area contributed by atoms with E-state index in [0.717, 1.165) is 0 Å². The SMILES string of the molecule is COCCNCC(=O)OCCNCC(=O)OCCOCCOCCOCCOCCOC. The Labute approximate surface area is 190 Å². The van der Waals surface area contributed by atoms with Gasteiger partial charge in [-0.1, -0.05) is 0 Å². The van der Waals surface area contributed by atoms with Gasteiger partial charge in [-0.05, 0) is 0 Å². The van der Waals surface area contributed by atoms with E-state index in [1.54, 1.807) is 14.2 Å². The van der Waals surface area contributed by atoms with Gasteiger partial charge in [0.1, 0.15) is 13.2 Å². The van der Waals surface area contributed by atoms with Crippen molar-refractivity contribution in [3.8, 4) is 0 Å². The first-order chi connectivity index (χ1) is 15.7. The summed E-state index contributed by atoms with van der Waals surface area (Å²) in [4.78, 5) is 22.9. The van der Waals surface area contributed by atoms with Gasteiger partial charge >= 0.3 is 11.9 Å². The smallest absolute Gasteiger partial charge is 0.320 e. The number of rotatable bonds is 25. The second kappa shape index (κ2) is 25.9. The molecule has 0 saturated carbocycles. The summed E-state index contributed by atoms with van der Waals surface area (Å²) >= 11 is 0. The van der Waals surface area contributed by atoms with Crippen LogP contribution in [0.25, 0.3) is 0 Å². The number of hydrogen-bond donors (Lipinski definition) is 2. The Kier molecular flexibility index (Phi) is 24.8. The van der Waals surface area contributed by atoms with Gasteiger partial charge in [0.05, 0.1) is 79.2 Å². The molecule has 12 heteroatoms. The maximum atomic E-state index is 11.6. The highest BCUT2D eigenvalue weighted by molar-refractivity contribution is 5.72. The Morgan fingerprint density at radius 1 is 0.500 bits per heavy atom. The van der Waals surface area contributed by atoms with Crippen molar-refractivity contribution in [3.63, 3.8) is 0 Å². The summed E-state index contributed by atoms with van der Waals surface area (Å²) in [6.07, 6.45) is 0. The second-order valence-corrected chi connectivity index (χ2v) is 6.23. The zero-order chi connectivity index (χ0) is 23.5. The number of nitrogens with one attached hydrogen (secondary N) is 2. The van der Waals surface area contributed by atoms with Gasteiger partial charge in [-0.25, -0.2) is 0 Å². The van der Waals surface area contributed by atoms with Crippen molar-refractivity contribution in [2.45, 2.75) is 0 Å². The van der Waals surface area contributed by atoms with Gasteiger partial charge in [0.25, 0.3) is 0 Å². The van der Waals surface area contributed by atoms with E-state index in [9.17, 15) is 9.59 Å². The van der Waals surface area contributed by atoms with Crippen LogP contribution >= 0.6 is 0 Å². The molecule has 0 fully saturated rings. The quantitative estimate of drug-likeness (QED) is 0.121. The number of carbonyl (C=O) groups is 2. The van der Waals surface area contributed by atoms with E-state index in [4.69, 9.17) is 37.9 Å². The Balaban J connectivity index is 3.23. The summed E-state index contributed by atoms with van der Waals surface area (Å²) in [5, 5.41) is 5.72. The summed E-state index contributed by atoms with van der Waals surface area (Å²) in [5.41, 5.74) is 0. The van der Waals surface area contributed by atoms with Crippen LogP contribution < -0.4 is 10.6 Å². The molecule has 0 bridgehead atoms. The number of ether oxygens (including phenoxy) is 8. The molecular formula is C20H40N2O10. The molecule has 0 aromatic carbocycles. The molecule has 0 atom stereocenters. The van der Waals surface area contributed by atoms with Crippen LogP contribution in [0.1, 0.15) is 0 Å². The highest BCUT2D eigenvalue weighted by Gasteiger charge is 2.04. The molecule has 2 N–H and O–H groups in total. The van der Waals surface area contributed by atoms with Crippen molar-refractivity contribution in [2.75, 3.05) is 120 Å². The van der Waals surface area contributed by atoms with Gasteiger partial charge < -0.3 is 48.5 Å². The van der Waals surface area contributed by atoms with Gasteiger partial charge in [0, 0.05) is 27.3 Å². The second-order valence-electron chi connectivity index (χ2n) is 6.23. The third kappa shape index (κ3) is 24.9. The van der Waals surface area contributed by atoms with E-state index in [0.29, 0.717) is 72.6 Å². The third-order valence-corrected chi connectivity index (χ3v) is 3.60. The minimum Gasteiger partial charge on any atom is -0.463 e. The first-order valence-electron chi connectivity index (χ1n) is 10.7. The van der Waals surface area contributed by atoms with Crippen LogP contribution in [-0.4, -0.2) is 132 Å².